The maximum atomic E-state index is 13.7. The summed E-state index contributed by atoms with van der Waals surface area (Å²) in [5, 5.41) is 0.884. The molecule has 0 atom stereocenters. The van der Waals surface area contributed by atoms with E-state index < -0.39 is 5.60 Å². The van der Waals surface area contributed by atoms with Gasteiger partial charge in [0.1, 0.15) is 5.60 Å². The Labute approximate surface area is 218 Å². The van der Waals surface area contributed by atoms with Gasteiger partial charge < -0.3 is 14.4 Å². The maximum absolute atomic E-state index is 13.7. The second kappa shape index (κ2) is 10.4. The molecule has 2 heterocycles. The van der Waals surface area contributed by atoms with Crippen molar-refractivity contribution in [1.29, 1.82) is 0 Å². The Morgan fingerprint density at radius 3 is 2.22 bits per heavy atom. The number of hydrogen-bond acceptors (Lipinski definition) is 5. The molecule has 0 unspecified atom stereocenters. The lowest BCUT2D eigenvalue weighted by Gasteiger charge is -2.33. The molecule has 0 saturated carbocycles. The lowest BCUT2D eigenvalue weighted by molar-refractivity contribution is -0.139. The predicted molar refractivity (Wildman–Crippen MR) is 143 cm³/mol. The van der Waals surface area contributed by atoms with Gasteiger partial charge in [-0.2, -0.15) is 0 Å². The van der Waals surface area contributed by atoms with Crippen molar-refractivity contribution >= 4 is 28.9 Å². The minimum atomic E-state index is -0.502. The van der Waals surface area contributed by atoms with Crippen molar-refractivity contribution in [2.24, 2.45) is 0 Å². The van der Waals surface area contributed by atoms with Gasteiger partial charge in [0, 0.05) is 29.7 Å². The largest absolute Gasteiger partial charge is 0.469 e. The first-order valence-corrected chi connectivity index (χ1v) is 12.8. The Balaban J connectivity index is 1.53. The minimum Gasteiger partial charge on any atom is -0.469 e. The van der Waals surface area contributed by atoms with Crippen LogP contribution >= 0.6 is 0 Å². The van der Waals surface area contributed by atoms with Crippen LogP contribution in [0.5, 0.6) is 0 Å². The second-order valence-electron chi connectivity index (χ2n) is 10.8. The first kappa shape index (κ1) is 26.5. The van der Waals surface area contributed by atoms with E-state index in [4.69, 9.17) is 9.47 Å². The third kappa shape index (κ3) is 5.71. The number of fused-ring (bicyclic) bond motifs is 1. The van der Waals surface area contributed by atoms with Gasteiger partial charge in [-0.3, -0.25) is 14.2 Å². The fraction of sp³-hybridized carbons (Fsp3) is 0.433. The SMILES string of the molecule is COC(=O)Cc1c(C)n(C(=O)c2ccc(C3CCN(C(=O)OC(C)(C)C)CC3)cc2)c2cc(C)ccc12. The van der Waals surface area contributed by atoms with Gasteiger partial charge >= 0.3 is 12.1 Å². The van der Waals surface area contributed by atoms with Crippen LogP contribution in [0.3, 0.4) is 0 Å². The summed E-state index contributed by atoms with van der Waals surface area (Å²) in [7, 11) is 1.37. The molecule has 0 spiro atoms. The molecule has 0 radical (unpaired) electrons. The van der Waals surface area contributed by atoms with Crippen molar-refractivity contribution in [2.45, 2.75) is 65.4 Å². The van der Waals surface area contributed by atoms with Crippen molar-refractivity contribution in [3.05, 3.63) is 70.4 Å². The topological polar surface area (TPSA) is 77.8 Å². The van der Waals surface area contributed by atoms with Crippen LogP contribution in [0.2, 0.25) is 0 Å². The number of benzene rings is 2. The van der Waals surface area contributed by atoms with Crippen molar-refractivity contribution < 1.29 is 23.9 Å². The molecule has 1 aliphatic heterocycles. The second-order valence-corrected chi connectivity index (χ2v) is 10.8. The number of esters is 1. The van der Waals surface area contributed by atoms with Crippen molar-refractivity contribution in [3.8, 4) is 0 Å². The monoisotopic (exact) mass is 504 g/mol. The minimum absolute atomic E-state index is 0.114. The summed E-state index contributed by atoms with van der Waals surface area (Å²) >= 11 is 0. The maximum Gasteiger partial charge on any atom is 0.410 e. The molecular weight excluding hydrogens is 468 g/mol. The molecular formula is C30H36N2O5. The van der Waals surface area contributed by atoms with Gasteiger partial charge in [0.2, 0.25) is 0 Å². The zero-order valence-corrected chi connectivity index (χ0v) is 22.6. The molecule has 0 aliphatic carbocycles. The Morgan fingerprint density at radius 2 is 1.62 bits per heavy atom. The molecule has 0 N–H and O–H groups in total. The van der Waals surface area contributed by atoms with E-state index in [9.17, 15) is 14.4 Å². The standard InChI is InChI=1S/C30H36N2O5/c1-19-7-12-24-25(18-27(33)36-6)20(2)32(26(24)17-19)28(34)23-10-8-21(9-11-23)22-13-15-31(16-14-22)29(35)37-30(3,4)5/h7-12,17,22H,13-16,18H2,1-6H3. The van der Waals surface area contributed by atoms with Crippen LogP contribution in [-0.2, 0) is 20.7 Å². The van der Waals surface area contributed by atoms with E-state index in [1.54, 1.807) is 9.47 Å². The summed E-state index contributed by atoms with van der Waals surface area (Å²) in [6, 6.07) is 13.7. The molecule has 2 aromatic carbocycles. The molecule has 1 aromatic heterocycles. The Morgan fingerprint density at radius 1 is 0.973 bits per heavy atom. The van der Waals surface area contributed by atoms with E-state index in [1.165, 1.54) is 7.11 Å². The number of ether oxygens (including phenoxy) is 2. The van der Waals surface area contributed by atoms with Crippen molar-refractivity contribution in [2.75, 3.05) is 20.2 Å². The van der Waals surface area contributed by atoms with Crippen LogP contribution in [0.4, 0.5) is 4.79 Å². The summed E-state index contributed by atoms with van der Waals surface area (Å²) in [5.41, 5.74) is 4.63. The highest BCUT2D eigenvalue weighted by atomic mass is 16.6. The van der Waals surface area contributed by atoms with E-state index in [0.717, 1.165) is 46.1 Å². The normalized spacial score (nSPS) is 14.6. The van der Waals surface area contributed by atoms with Gasteiger partial charge in [-0.05, 0) is 88.3 Å². The van der Waals surface area contributed by atoms with Crippen molar-refractivity contribution in [3.63, 3.8) is 0 Å². The highest BCUT2D eigenvalue weighted by molar-refractivity contribution is 6.04. The van der Waals surface area contributed by atoms with Gasteiger partial charge in [0.05, 0.1) is 19.0 Å². The van der Waals surface area contributed by atoms with Gasteiger partial charge in [-0.25, -0.2) is 4.79 Å². The molecule has 3 aromatic rings. The average Bonchev–Trinajstić information content (AvgIpc) is 3.12. The van der Waals surface area contributed by atoms with Gasteiger partial charge in [-0.15, -0.1) is 0 Å². The summed E-state index contributed by atoms with van der Waals surface area (Å²) < 4.78 is 12.1. The molecule has 4 rings (SSSR count). The number of aryl methyl sites for hydroxylation is 1. The van der Waals surface area contributed by atoms with Crippen LogP contribution in [0.15, 0.2) is 42.5 Å². The number of hydrogen-bond donors (Lipinski definition) is 0. The zero-order chi connectivity index (χ0) is 26.9. The lowest BCUT2D eigenvalue weighted by Crippen LogP contribution is -2.41. The molecule has 7 nitrogen and oxygen atoms in total. The molecule has 37 heavy (non-hydrogen) atoms. The molecule has 1 aliphatic rings. The number of aromatic nitrogens is 1. The predicted octanol–water partition coefficient (Wildman–Crippen LogP) is 5.78. The average molecular weight is 505 g/mol. The Hall–Kier alpha value is -3.61. The van der Waals surface area contributed by atoms with Gasteiger partial charge in [0.25, 0.3) is 5.91 Å². The van der Waals surface area contributed by atoms with Crippen LogP contribution < -0.4 is 0 Å². The number of nitrogens with zero attached hydrogens (tertiary/aromatic N) is 2. The highest BCUT2D eigenvalue weighted by Gasteiger charge is 2.28. The van der Waals surface area contributed by atoms with Gasteiger partial charge in [-0.1, -0.05) is 24.3 Å². The van der Waals surface area contributed by atoms with E-state index in [-0.39, 0.29) is 24.4 Å². The smallest absolute Gasteiger partial charge is 0.410 e. The van der Waals surface area contributed by atoms with Crippen LogP contribution in [0.1, 0.15) is 72.3 Å². The summed E-state index contributed by atoms with van der Waals surface area (Å²) in [4.78, 5) is 39.9. The highest BCUT2D eigenvalue weighted by Crippen LogP contribution is 2.31. The number of methoxy groups -OCH3 is 1. The van der Waals surface area contributed by atoms with E-state index in [2.05, 4.69) is 0 Å². The molecule has 7 heteroatoms. The first-order chi connectivity index (χ1) is 17.5. The van der Waals surface area contributed by atoms with E-state index in [1.807, 2.05) is 77.1 Å². The molecule has 196 valence electrons. The van der Waals surface area contributed by atoms with E-state index in [0.29, 0.717) is 24.6 Å². The fourth-order valence-corrected chi connectivity index (χ4v) is 5.04. The van der Waals surface area contributed by atoms with Crippen molar-refractivity contribution in [1.82, 2.24) is 9.47 Å². The first-order valence-electron chi connectivity index (χ1n) is 12.8. The third-order valence-corrected chi connectivity index (χ3v) is 7.02. The van der Waals surface area contributed by atoms with Crippen LogP contribution in [-0.4, -0.2) is 53.2 Å². The Bertz CT molecular complexity index is 1320. The fourth-order valence-electron chi connectivity index (χ4n) is 5.04. The Kier molecular flexibility index (Phi) is 7.44. The van der Waals surface area contributed by atoms with E-state index >= 15 is 0 Å². The molecule has 1 saturated heterocycles. The molecule has 1 amide bonds. The lowest BCUT2D eigenvalue weighted by atomic mass is 9.89. The quantitative estimate of drug-likeness (QED) is 0.421. The number of piperidine rings is 1. The summed E-state index contributed by atoms with van der Waals surface area (Å²) in [6.45, 7) is 10.8. The zero-order valence-electron chi connectivity index (χ0n) is 22.6. The number of carbonyl (C=O) groups excluding carboxylic acids is 3. The number of likely N-dealkylation sites (tertiary alicyclic amines) is 1. The molecule has 0 bridgehead atoms. The third-order valence-electron chi connectivity index (χ3n) is 7.02. The number of amides is 1. The summed E-state index contributed by atoms with van der Waals surface area (Å²) in [5.74, 6) is -0.140. The molecule has 1 fully saturated rings. The van der Waals surface area contributed by atoms with Gasteiger partial charge in [0.15, 0.2) is 0 Å². The number of rotatable bonds is 4. The van der Waals surface area contributed by atoms with Crippen LogP contribution in [0, 0.1) is 13.8 Å². The van der Waals surface area contributed by atoms with Crippen LogP contribution in [0.25, 0.3) is 10.9 Å². The summed E-state index contributed by atoms with van der Waals surface area (Å²) in [6.07, 6.45) is 1.56. The number of carbonyl (C=O) groups is 3.